The van der Waals surface area contributed by atoms with Gasteiger partial charge in [-0.1, -0.05) is 71.7 Å². The first-order valence-electron chi connectivity index (χ1n) is 12.6. The van der Waals surface area contributed by atoms with Crippen molar-refractivity contribution < 1.29 is 9.59 Å². The molecular formula is C28H40N4O2. The number of fused-ring (bicyclic) bond motifs is 1. The third kappa shape index (κ3) is 5.72. The van der Waals surface area contributed by atoms with Gasteiger partial charge in [0.15, 0.2) is 0 Å². The Morgan fingerprint density at radius 1 is 1.06 bits per heavy atom. The highest BCUT2D eigenvalue weighted by molar-refractivity contribution is 5.96. The van der Waals surface area contributed by atoms with E-state index in [9.17, 15) is 9.59 Å². The minimum Gasteiger partial charge on any atom is -0.399 e. The van der Waals surface area contributed by atoms with Gasteiger partial charge in [0.05, 0.1) is 0 Å². The fourth-order valence-corrected chi connectivity index (χ4v) is 4.70. The van der Waals surface area contributed by atoms with Crippen molar-refractivity contribution in [3.63, 3.8) is 0 Å². The molecule has 184 valence electrons. The molecule has 2 aromatic rings. The van der Waals surface area contributed by atoms with E-state index >= 15 is 0 Å². The van der Waals surface area contributed by atoms with E-state index in [1.165, 1.54) is 0 Å². The Balaban J connectivity index is 1.93. The lowest BCUT2D eigenvalue weighted by Crippen LogP contribution is -2.49. The van der Waals surface area contributed by atoms with Crippen LogP contribution in [0, 0.1) is 0 Å². The van der Waals surface area contributed by atoms with Crippen LogP contribution in [0.2, 0.25) is 0 Å². The highest BCUT2D eigenvalue weighted by atomic mass is 16.2. The van der Waals surface area contributed by atoms with Crippen LogP contribution in [0.15, 0.2) is 36.4 Å². The molecule has 1 unspecified atom stereocenters. The number of amides is 3. The second-order valence-corrected chi connectivity index (χ2v) is 9.86. The molecule has 0 bridgehead atoms. The summed E-state index contributed by atoms with van der Waals surface area (Å²) in [5, 5.41) is 6.25. The highest BCUT2D eigenvalue weighted by Crippen LogP contribution is 2.36. The number of unbranched alkanes of at least 4 members (excludes halogenated alkanes) is 2. The molecule has 0 saturated carbocycles. The van der Waals surface area contributed by atoms with Gasteiger partial charge in [-0.25, -0.2) is 4.79 Å². The number of nitrogens with two attached hydrogens (primary N) is 1. The van der Waals surface area contributed by atoms with Crippen LogP contribution in [0.3, 0.4) is 0 Å². The first-order valence-corrected chi connectivity index (χ1v) is 12.6. The van der Waals surface area contributed by atoms with Crippen LogP contribution >= 0.6 is 0 Å². The molecule has 6 heteroatoms. The van der Waals surface area contributed by atoms with E-state index in [0.29, 0.717) is 18.8 Å². The van der Waals surface area contributed by atoms with E-state index in [-0.39, 0.29) is 23.8 Å². The first kappa shape index (κ1) is 25.6. The van der Waals surface area contributed by atoms with Crippen molar-refractivity contribution in [3.8, 4) is 0 Å². The molecule has 2 aromatic carbocycles. The monoisotopic (exact) mass is 464 g/mol. The van der Waals surface area contributed by atoms with Crippen molar-refractivity contribution >= 4 is 23.3 Å². The van der Waals surface area contributed by atoms with Gasteiger partial charge in [-0.15, -0.1) is 0 Å². The van der Waals surface area contributed by atoms with Crippen molar-refractivity contribution in [1.29, 1.82) is 0 Å². The van der Waals surface area contributed by atoms with Crippen molar-refractivity contribution in [2.75, 3.05) is 24.1 Å². The molecule has 3 amide bonds. The molecule has 0 spiro atoms. The largest absolute Gasteiger partial charge is 0.399 e. The van der Waals surface area contributed by atoms with Gasteiger partial charge in [0.25, 0.3) is 0 Å². The van der Waals surface area contributed by atoms with Crippen LogP contribution in [-0.2, 0) is 11.2 Å². The lowest BCUT2D eigenvalue weighted by Gasteiger charge is -2.37. The first-order chi connectivity index (χ1) is 16.2. The molecule has 0 aliphatic carbocycles. The second kappa shape index (κ2) is 11.4. The predicted molar refractivity (Wildman–Crippen MR) is 140 cm³/mol. The Kier molecular flexibility index (Phi) is 8.59. The summed E-state index contributed by atoms with van der Waals surface area (Å²) in [5.74, 6) is 0.260. The summed E-state index contributed by atoms with van der Waals surface area (Å²) < 4.78 is 0. The third-order valence-electron chi connectivity index (χ3n) is 6.57. The smallest absolute Gasteiger partial charge is 0.322 e. The lowest BCUT2D eigenvalue weighted by molar-refractivity contribution is -0.125. The predicted octanol–water partition coefficient (Wildman–Crippen LogP) is 5.95. The average molecular weight is 465 g/mol. The molecule has 1 heterocycles. The number of urea groups is 1. The lowest BCUT2D eigenvalue weighted by atomic mass is 9.91. The van der Waals surface area contributed by atoms with Gasteiger partial charge in [-0.2, -0.15) is 0 Å². The Hall–Kier alpha value is -3.02. The van der Waals surface area contributed by atoms with Crippen LogP contribution in [-0.4, -0.2) is 29.9 Å². The van der Waals surface area contributed by atoms with E-state index in [1.807, 2.05) is 30.3 Å². The summed E-state index contributed by atoms with van der Waals surface area (Å²) in [6.07, 6.45) is 3.82. The van der Waals surface area contributed by atoms with Crippen LogP contribution in [0.5, 0.6) is 0 Å². The molecule has 0 aromatic heterocycles. The van der Waals surface area contributed by atoms with E-state index in [4.69, 9.17) is 5.73 Å². The normalized spacial score (nSPS) is 15.4. The molecule has 1 aliphatic rings. The average Bonchev–Trinajstić information content (AvgIpc) is 2.81. The third-order valence-corrected chi connectivity index (χ3v) is 6.57. The maximum absolute atomic E-state index is 13.7. The second-order valence-electron chi connectivity index (χ2n) is 9.86. The van der Waals surface area contributed by atoms with Gasteiger partial charge in [-0.3, -0.25) is 4.79 Å². The molecule has 0 saturated heterocycles. The summed E-state index contributed by atoms with van der Waals surface area (Å²) in [5.41, 5.74) is 11.7. The Bertz CT molecular complexity index is 986. The number of carbonyl (C=O) groups excluding carboxylic acids is 2. The summed E-state index contributed by atoms with van der Waals surface area (Å²) in [6, 6.07) is 10.9. The van der Waals surface area contributed by atoms with Crippen molar-refractivity contribution in [2.45, 2.75) is 78.2 Å². The van der Waals surface area contributed by atoms with Crippen LogP contribution in [0.1, 0.15) is 94.0 Å². The molecule has 4 N–H and O–H groups in total. The molecular weight excluding hydrogens is 424 g/mol. The number of nitrogen functional groups attached to an aromatic ring is 1. The van der Waals surface area contributed by atoms with Gasteiger partial charge < -0.3 is 21.3 Å². The van der Waals surface area contributed by atoms with Crippen molar-refractivity contribution in [3.05, 3.63) is 58.7 Å². The summed E-state index contributed by atoms with van der Waals surface area (Å²) >= 11 is 0. The number of rotatable bonds is 8. The summed E-state index contributed by atoms with van der Waals surface area (Å²) in [6.45, 7) is 11.6. The van der Waals surface area contributed by atoms with Crippen molar-refractivity contribution in [2.24, 2.45) is 0 Å². The molecule has 1 aliphatic heterocycles. The van der Waals surface area contributed by atoms with E-state index in [0.717, 1.165) is 53.6 Å². The number of hydrogen-bond donors (Lipinski definition) is 3. The number of nitrogens with one attached hydrogen (secondary N) is 2. The fourth-order valence-electron chi connectivity index (χ4n) is 4.70. The molecule has 0 radical (unpaired) electrons. The fraction of sp³-hybridized carbons (Fsp3) is 0.500. The molecule has 0 fully saturated rings. The topological polar surface area (TPSA) is 87.5 Å². The zero-order valence-corrected chi connectivity index (χ0v) is 21.3. The quantitative estimate of drug-likeness (QED) is 0.333. The van der Waals surface area contributed by atoms with Gasteiger partial charge in [0.1, 0.15) is 6.04 Å². The van der Waals surface area contributed by atoms with Gasteiger partial charge in [0.2, 0.25) is 5.91 Å². The van der Waals surface area contributed by atoms with E-state index in [2.05, 4.69) is 51.3 Å². The van der Waals surface area contributed by atoms with Gasteiger partial charge in [-0.05, 0) is 59.1 Å². The molecule has 3 rings (SSSR count). The van der Waals surface area contributed by atoms with Crippen molar-refractivity contribution in [1.82, 2.24) is 10.2 Å². The Morgan fingerprint density at radius 3 is 2.32 bits per heavy atom. The van der Waals surface area contributed by atoms with Crippen LogP contribution in [0.4, 0.5) is 16.2 Å². The maximum atomic E-state index is 13.7. The van der Waals surface area contributed by atoms with E-state index < -0.39 is 6.04 Å². The van der Waals surface area contributed by atoms with Crippen LogP contribution < -0.4 is 16.4 Å². The number of nitrogens with zero attached hydrogens (tertiary/aromatic N) is 1. The number of anilines is 2. The zero-order chi connectivity index (χ0) is 24.8. The number of carbonyl (C=O) groups is 2. The maximum Gasteiger partial charge on any atom is 0.322 e. The molecule has 34 heavy (non-hydrogen) atoms. The van der Waals surface area contributed by atoms with Crippen LogP contribution in [0.25, 0.3) is 0 Å². The van der Waals surface area contributed by atoms with Gasteiger partial charge in [0, 0.05) is 24.5 Å². The number of benzene rings is 2. The van der Waals surface area contributed by atoms with Gasteiger partial charge >= 0.3 is 6.03 Å². The number of hydrogen-bond acceptors (Lipinski definition) is 3. The standard InChI is InChI=1S/C28H40N4O2/c1-6-7-10-14-30-27(33)26-22-12-9-8-11-20(22)13-15-32(26)28(34)31-25-23(18(2)3)16-21(29)17-24(25)19(4)5/h8-9,11-12,16-19,26H,6-7,10,13-15,29H2,1-5H3,(H,30,33)(H,31,34). The summed E-state index contributed by atoms with van der Waals surface area (Å²) in [7, 11) is 0. The molecule has 1 atom stereocenters. The minimum absolute atomic E-state index is 0.121. The summed E-state index contributed by atoms with van der Waals surface area (Å²) in [4.78, 5) is 28.7. The minimum atomic E-state index is -0.648. The SMILES string of the molecule is CCCCCNC(=O)C1c2ccccc2CCN1C(=O)Nc1c(C(C)C)cc(N)cc1C(C)C. The Labute approximate surface area is 204 Å². The Morgan fingerprint density at radius 2 is 1.71 bits per heavy atom. The van der Waals surface area contributed by atoms with E-state index in [1.54, 1.807) is 4.90 Å². The molecule has 6 nitrogen and oxygen atoms in total. The highest BCUT2D eigenvalue weighted by Gasteiger charge is 2.36. The zero-order valence-electron chi connectivity index (χ0n) is 21.3.